The molecule has 2 heterocycles. The van der Waals surface area contributed by atoms with Gasteiger partial charge in [-0.15, -0.1) is 0 Å². The van der Waals surface area contributed by atoms with Gasteiger partial charge in [-0.2, -0.15) is 0 Å². The molecule has 2 atom stereocenters. The van der Waals surface area contributed by atoms with Crippen molar-refractivity contribution in [1.82, 2.24) is 4.98 Å². The Morgan fingerprint density at radius 1 is 1.09 bits per heavy atom. The zero-order valence-corrected chi connectivity index (χ0v) is 19.2. The molecule has 35 heavy (non-hydrogen) atoms. The number of aliphatic hydroxyl groups is 1. The number of benzene rings is 3. The lowest BCUT2D eigenvalue weighted by atomic mass is 9.87. The zero-order chi connectivity index (χ0) is 24.4. The van der Waals surface area contributed by atoms with Gasteiger partial charge in [-0.3, -0.25) is 0 Å². The van der Waals surface area contributed by atoms with Crippen LogP contribution in [-0.4, -0.2) is 34.9 Å². The van der Waals surface area contributed by atoms with Crippen LogP contribution in [0.1, 0.15) is 33.3 Å². The maximum absolute atomic E-state index is 11.5. The van der Waals surface area contributed by atoms with Gasteiger partial charge >= 0.3 is 5.97 Å². The fourth-order valence-electron chi connectivity index (χ4n) is 4.39. The van der Waals surface area contributed by atoms with Gasteiger partial charge < -0.3 is 24.4 Å². The summed E-state index contributed by atoms with van der Waals surface area (Å²) in [6.45, 7) is 0.623. The normalized spacial score (nSPS) is 16.9. The summed E-state index contributed by atoms with van der Waals surface area (Å²) in [4.78, 5) is 16.2. The number of carboxylic acid groups (broad SMARTS) is 1. The molecular weight excluding hydrogens is 446 g/mol. The number of carbonyl (C=O) groups is 1. The highest BCUT2D eigenvalue weighted by Crippen LogP contribution is 2.39. The molecule has 5 rings (SSSR count). The Hall–Kier alpha value is -4.10. The van der Waals surface area contributed by atoms with Crippen molar-refractivity contribution in [2.75, 3.05) is 13.7 Å². The number of aromatic nitrogens is 1. The minimum absolute atomic E-state index is 0.0922. The number of aromatic carboxylic acids is 1. The van der Waals surface area contributed by atoms with Crippen LogP contribution in [0, 0.1) is 5.92 Å². The van der Waals surface area contributed by atoms with Gasteiger partial charge in [0.15, 0.2) is 0 Å². The number of ether oxygens (including phenoxy) is 3. The molecule has 0 amide bonds. The molecule has 0 bridgehead atoms. The quantitative estimate of drug-likeness (QED) is 0.399. The van der Waals surface area contributed by atoms with Gasteiger partial charge in [0.2, 0.25) is 0 Å². The third kappa shape index (κ3) is 4.76. The molecule has 4 aromatic rings. The lowest BCUT2D eigenvalue weighted by molar-refractivity contribution is 0.0504. The molecule has 1 aromatic heterocycles. The van der Waals surface area contributed by atoms with Crippen molar-refractivity contribution in [2.24, 2.45) is 5.92 Å². The van der Waals surface area contributed by atoms with E-state index in [4.69, 9.17) is 14.2 Å². The molecule has 0 saturated carbocycles. The van der Waals surface area contributed by atoms with Crippen LogP contribution < -0.4 is 14.2 Å². The van der Waals surface area contributed by atoms with E-state index in [-0.39, 0.29) is 11.5 Å². The smallest absolute Gasteiger partial charge is 0.339 e. The molecule has 3 aromatic carbocycles. The van der Waals surface area contributed by atoms with Crippen LogP contribution in [0.25, 0.3) is 10.9 Å². The van der Waals surface area contributed by atoms with Crippen LogP contribution in [0.15, 0.2) is 72.8 Å². The van der Waals surface area contributed by atoms with E-state index in [1.165, 1.54) is 7.11 Å². The van der Waals surface area contributed by atoms with E-state index in [1.54, 1.807) is 24.3 Å². The molecule has 1 aliphatic rings. The summed E-state index contributed by atoms with van der Waals surface area (Å²) in [5.74, 6) is 0.229. The van der Waals surface area contributed by atoms with E-state index in [9.17, 15) is 15.0 Å². The Labute approximate surface area is 202 Å². The Kier molecular flexibility index (Phi) is 6.25. The van der Waals surface area contributed by atoms with Crippen molar-refractivity contribution in [3.63, 3.8) is 0 Å². The van der Waals surface area contributed by atoms with Crippen LogP contribution in [0.4, 0.5) is 0 Å². The lowest BCUT2D eigenvalue weighted by Gasteiger charge is -2.31. The lowest BCUT2D eigenvalue weighted by Crippen LogP contribution is -2.27. The van der Waals surface area contributed by atoms with E-state index in [0.717, 1.165) is 22.2 Å². The largest absolute Gasteiger partial charge is 0.496 e. The van der Waals surface area contributed by atoms with Crippen molar-refractivity contribution in [3.8, 4) is 17.2 Å². The van der Waals surface area contributed by atoms with Gasteiger partial charge in [0.25, 0.3) is 0 Å². The highest BCUT2D eigenvalue weighted by atomic mass is 16.5. The van der Waals surface area contributed by atoms with E-state index in [0.29, 0.717) is 42.4 Å². The summed E-state index contributed by atoms with van der Waals surface area (Å²) in [6, 6.07) is 22.3. The Balaban J connectivity index is 1.30. The van der Waals surface area contributed by atoms with Crippen molar-refractivity contribution >= 4 is 16.9 Å². The molecule has 0 spiro atoms. The van der Waals surface area contributed by atoms with E-state index in [1.807, 2.05) is 48.5 Å². The molecule has 1 aliphatic heterocycles. The second-order valence-electron chi connectivity index (χ2n) is 8.54. The topological polar surface area (TPSA) is 98.1 Å². The Morgan fingerprint density at radius 2 is 1.94 bits per heavy atom. The average molecular weight is 472 g/mol. The number of methoxy groups -OCH3 is 1. The second kappa shape index (κ2) is 9.64. The van der Waals surface area contributed by atoms with Gasteiger partial charge in [-0.05, 0) is 54.4 Å². The number of aliphatic hydroxyl groups excluding tert-OH is 1. The fourth-order valence-corrected chi connectivity index (χ4v) is 4.39. The molecule has 0 aliphatic carbocycles. The first-order valence-corrected chi connectivity index (χ1v) is 11.3. The monoisotopic (exact) mass is 471 g/mol. The predicted octanol–water partition coefficient (Wildman–Crippen LogP) is 4.81. The summed E-state index contributed by atoms with van der Waals surface area (Å²) < 4.78 is 17.0. The van der Waals surface area contributed by atoms with Gasteiger partial charge in [0, 0.05) is 16.9 Å². The minimum atomic E-state index is -1.06. The Bertz CT molecular complexity index is 1390. The SMILES string of the molecule is COc1ccc(CC2COc3ccc(OCc4ccc5ccccc5n4)cc3C2O)cc1C(=O)O. The number of fused-ring (bicyclic) bond motifs is 2. The van der Waals surface area contributed by atoms with E-state index in [2.05, 4.69) is 4.98 Å². The number of hydrogen-bond acceptors (Lipinski definition) is 6. The third-order valence-corrected chi connectivity index (χ3v) is 6.23. The van der Waals surface area contributed by atoms with E-state index < -0.39 is 12.1 Å². The van der Waals surface area contributed by atoms with Gasteiger partial charge in [0.05, 0.1) is 31.0 Å². The fraction of sp³-hybridized carbons (Fsp3) is 0.214. The molecule has 7 heteroatoms. The molecule has 0 fully saturated rings. The second-order valence-corrected chi connectivity index (χ2v) is 8.54. The number of carboxylic acids is 1. The molecule has 7 nitrogen and oxygen atoms in total. The first-order chi connectivity index (χ1) is 17.0. The van der Waals surface area contributed by atoms with Crippen LogP contribution in [0.3, 0.4) is 0 Å². The average Bonchev–Trinajstić information content (AvgIpc) is 2.89. The van der Waals surface area contributed by atoms with Crippen LogP contribution in [-0.2, 0) is 13.0 Å². The maximum atomic E-state index is 11.5. The molecule has 2 unspecified atom stereocenters. The van der Waals surface area contributed by atoms with Crippen LogP contribution in [0.2, 0.25) is 0 Å². The summed E-state index contributed by atoms with van der Waals surface area (Å²) in [5.41, 5.74) is 3.25. The third-order valence-electron chi connectivity index (χ3n) is 6.23. The molecule has 0 radical (unpaired) electrons. The standard InChI is InChI=1S/C28H25NO6/c1-33-25-10-6-17(13-23(25)28(31)32)12-19-15-35-26-11-9-21(14-22(26)27(19)30)34-16-20-8-7-18-4-2-3-5-24(18)29-20/h2-11,13-14,19,27,30H,12,15-16H2,1H3,(H,31,32). The van der Waals surface area contributed by atoms with E-state index >= 15 is 0 Å². The zero-order valence-electron chi connectivity index (χ0n) is 19.2. The number of hydrogen-bond donors (Lipinski definition) is 2. The number of pyridine rings is 1. The van der Waals surface area contributed by atoms with Crippen molar-refractivity contribution in [2.45, 2.75) is 19.1 Å². The van der Waals surface area contributed by atoms with Crippen LogP contribution in [0.5, 0.6) is 17.2 Å². The number of nitrogens with zero attached hydrogens (tertiary/aromatic N) is 1. The highest BCUT2D eigenvalue weighted by Gasteiger charge is 2.30. The maximum Gasteiger partial charge on any atom is 0.339 e. The van der Waals surface area contributed by atoms with Crippen molar-refractivity contribution in [1.29, 1.82) is 0 Å². The van der Waals surface area contributed by atoms with Gasteiger partial charge in [0.1, 0.15) is 29.4 Å². The number of para-hydroxylation sites is 1. The molecule has 0 saturated heterocycles. The molecular formula is C28H25NO6. The predicted molar refractivity (Wildman–Crippen MR) is 130 cm³/mol. The summed E-state index contributed by atoms with van der Waals surface area (Å²) >= 11 is 0. The van der Waals surface area contributed by atoms with Crippen molar-refractivity contribution in [3.05, 3.63) is 95.2 Å². The summed E-state index contributed by atoms with van der Waals surface area (Å²) in [7, 11) is 1.44. The number of rotatable bonds is 7. The van der Waals surface area contributed by atoms with Crippen molar-refractivity contribution < 1.29 is 29.2 Å². The molecule has 178 valence electrons. The first kappa shape index (κ1) is 22.7. The first-order valence-electron chi connectivity index (χ1n) is 11.3. The Morgan fingerprint density at radius 3 is 2.77 bits per heavy atom. The highest BCUT2D eigenvalue weighted by molar-refractivity contribution is 5.91. The van der Waals surface area contributed by atoms with Gasteiger partial charge in [-0.1, -0.05) is 30.3 Å². The summed E-state index contributed by atoms with van der Waals surface area (Å²) in [6.07, 6.45) is -0.326. The van der Waals surface area contributed by atoms with Gasteiger partial charge in [-0.25, -0.2) is 9.78 Å². The summed E-state index contributed by atoms with van der Waals surface area (Å²) in [5, 5.41) is 21.6. The molecule has 2 N–H and O–H groups in total. The minimum Gasteiger partial charge on any atom is -0.496 e. The van der Waals surface area contributed by atoms with Crippen LogP contribution >= 0.6 is 0 Å².